The number of hydrogen-bond acceptors (Lipinski definition) is 6. The largest absolute Gasteiger partial charge is 0.356 e. The Morgan fingerprint density at radius 2 is 2.33 bits per heavy atom. The van der Waals surface area contributed by atoms with E-state index in [1.165, 1.54) is 17.9 Å². The first-order valence-corrected chi connectivity index (χ1v) is 5.99. The molecule has 12 heavy (non-hydrogen) atoms. The molecule has 1 N–H and O–H groups in total. The fraction of sp³-hybridized carbons (Fsp3) is 0.600. The van der Waals surface area contributed by atoms with Crippen LogP contribution in [0.15, 0.2) is 6.33 Å². The summed E-state index contributed by atoms with van der Waals surface area (Å²) in [6.07, 6.45) is 1.44. The molecule has 0 spiro atoms. The van der Waals surface area contributed by atoms with Crippen molar-refractivity contribution >= 4 is 26.5 Å². The average Bonchev–Trinajstić information content (AvgIpc) is 2.35. The molecule has 1 aliphatic rings. The topological polar surface area (TPSA) is 72.0 Å². The Bertz CT molecular complexity index is 346. The molecular formula is C5H7N3O2S2. The van der Waals surface area contributed by atoms with Crippen LogP contribution in [0.5, 0.6) is 0 Å². The molecule has 1 aliphatic heterocycles. The maximum Gasteiger partial charge on any atom is 0.202 e. The molecule has 66 valence electrons. The lowest BCUT2D eigenvalue weighted by Crippen LogP contribution is -2.46. The zero-order chi connectivity index (χ0) is 8.60. The molecule has 0 atom stereocenters. The van der Waals surface area contributed by atoms with Crippen molar-refractivity contribution in [3.05, 3.63) is 6.33 Å². The lowest BCUT2D eigenvalue weighted by atomic mass is 10.4. The summed E-state index contributed by atoms with van der Waals surface area (Å²) in [7, 11) is -2.74. The van der Waals surface area contributed by atoms with Crippen LogP contribution in [-0.2, 0) is 9.84 Å². The molecule has 2 rings (SSSR count). The number of nitrogens with one attached hydrogen (secondary N) is 1. The average molecular weight is 205 g/mol. The van der Waals surface area contributed by atoms with Gasteiger partial charge in [-0.1, -0.05) is 0 Å². The van der Waals surface area contributed by atoms with E-state index in [1.807, 2.05) is 0 Å². The second kappa shape index (κ2) is 2.67. The second-order valence-electron chi connectivity index (χ2n) is 2.66. The molecule has 0 aliphatic carbocycles. The first kappa shape index (κ1) is 7.93. The second-order valence-corrected chi connectivity index (χ2v) is 5.60. The molecule has 5 nitrogen and oxygen atoms in total. The van der Waals surface area contributed by atoms with Gasteiger partial charge in [0, 0.05) is 11.5 Å². The third kappa shape index (κ3) is 1.56. The van der Waals surface area contributed by atoms with E-state index in [4.69, 9.17) is 0 Å². The highest BCUT2D eigenvalue weighted by atomic mass is 32.2. The Kier molecular flexibility index (Phi) is 1.76. The van der Waals surface area contributed by atoms with Crippen molar-refractivity contribution in [3.8, 4) is 0 Å². The predicted molar refractivity (Wildman–Crippen MR) is 46.0 cm³/mol. The Morgan fingerprint density at radius 3 is 2.83 bits per heavy atom. The Hall–Kier alpha value is -0.690. The molecule has 1 saturated heterocycles. The van der Waals surface area contributed by atoms with E-state index in [2.05, 4.69) is 14.7 Å². The number of aromatic nitrogens is 2. The minimum Gasteiger partial charge on any atom is -0.356 e. The van der Waals surface area contributed by atoms with Crippen molar-refractivity contribution in [2.24, 2.45) is 0 Å². The van der Waals surface area contributed by atoms with E-state index in [1.54, 1.807) is 0 Å². The molecule has 0 radical (unpaired) electrons. The number of nitrogens with zero attached hydrogens (tertiary/aromatic N) is 2. The summed E-state index contributed by atoms with van der Waals surface area (Å²) in [6, 6.07) is 0.0305. The lowest BCUT2D eigenvalue weighted by molar-refractivity contribution is 0.570. The first-order chi connectivity index (χ1) is 5.66. The Labute approximate surface area is 73.9 Å². The van der Waals surface area contributed by atoms with Crippen molar-refractivity contribution < 1.29 is 8.42 Å². The molecule has 0 amide bonds. The molecule has 0 aromatic carbocycles. The van der Waals surface area contributed by atoms with Gasteiger partial charge < -0.3 is 5.32 Å². The molecule has 0 unspecified atom stereocenters. The van der Waals surface area contributed by atoms with Gasteiger partial charge >= 0.3 is 0 Å². The zero-order valence-corrected chi connectivity index (χ0v) is 7.73. The third-order valence-electron chi connectivity index (χ3n) is 1.60. The van der Waals surface area contributed by atoms with Gasteiger partial charge in [0.05, 0.1) is 17.5 Å². The van der Waals surface area contributed by atoms with Crippen LogP contribution < -0.4 is 5.32 Å². The minimum atomic E-state index is -2.74. The van der Waals surface area contributed by atoms with Gasteiger partial charge in [-0.3, -0.25) is 0 Å². The molecule has 1 aromatic rings. The summed E-state index contributed by atoms with van der Waals surface area (Å²) in [5.41, 5.74) is 0. The minimum absolute atomic E-state index is 0.0305. The molecule has 2 heterocycles. The maximum atomic E-state index is 10.8. The van der Waals surface area contributed by atoms with Crippen molar-refractivity contribution in [2.45, 2.75) is 6.04 Å². The van der Waals surface area contributed by atoms with Gasteiger partial charge in [-0.15, -0.1) is 0 Å². The Balaban J connectivity index is 1.92. The third-order valence-corrected chi connectivity index (χ3v) is 4.02. The zero-order valence-electron chi connectivity index (χ0n) is 6.10. The van der Waals surface area contributed by atoms with E-state index >= 15 is 0 Å². The number of hydrogen-bond donors (Lipinski definition) is 1. The smallest absolute Gasteiger partial charge is 0.202 e. The lowest BCUT2D eigenvalue weighted by Gasteiger charge is -2.25. The monoisotopic (exact) mass is 205 g/mol. The van der Waals surface area contributed by atoms with Gasteiger partial charge in [0.25, 0.3) is 0 Å². The van der Waals surface area contributed by atoms with Crippen LogP contribution in [0.2, 0.25) is 0 Å². The van der Waals surface area contributed by atoms with Crippen molar-refractivity contribution in [1.29, 1.82) is 0 Å². The van der Waals surface area contributed by atoms with Crippen LogP contribution in [0.25, 0.3) is 0 Å². The maximum absolute atomic E-state index is 10.8. The van der Waals surface area contributed by atoms with Crippen LogP contribution in [0.3, 0.4) is 0 Å². The SMILES string of the molecule is O=S1(=O)CC(Nc2ncns2)C1. The quantitative estimate of drug-likeness (QED) is 0.720. The van der Waals surface area contributed by atoms with Crippen molar-refractivity contribution in [1.82, 2.24) is 9.36 Å². The van der Waals surface area contributed by atoms with Crippen LogP contribution in [0, 0.1) is 0 Å². The summed E-state index contributed by atoms with van der Waals surface area (Å²) in [4.78, 5) is 3.89. The highest BCUT2D eigenvalue weighted by Crippen LogP contribution is 2.17. The van der Waals surface area contributed by atoms with Crippen LogP contribution >= 0.6 is 11.5 Å². The summed E-state index contributed by atoms with van der Waals surface area (Å²) in [5.74, 6) is 0.430. The highest BCUT2D eigenvalue weighted by Gasteiger charge is 2.33. The highest BCUT2D eigenvalue weighted by molar-refractivity contribution is 7.92. The van der Waals surface area contributed by atoms with Crippen molar-refractivity contribution in [2.75, 3.05) is 16.8 Å². The van der Waals surface area contributed by atoms with E-state index in [9.17, 15) is 8.42 Å². The van der Waals surface area contributed by atoms with E-state index in [-0.39, 0.29) is 17.5 Å². The summed E-state index contributed by atoms with van der Waals surface area (Å²) in [6.45, 7) is 0. The van der Waals surface area contributed by atoms with Gasteiger partial charge in [0.1, 0.15) is 6.33 Å². The molecule has 7 heteroatoms. The van der Waals surface area contributed by atoms with Gasteiger partial charge in [0.15, 0.2) is 9.84 Å². The normalized spacial score (nSPS) is 21.7. The van der Waals surface area contributed by atoms with E-state index in [0.717, 1.165) is 0 Å². The fourth-order valence-corrected chi connectivity index (χ4v) is 2.86. The molecular weight excluding hydrogens is 198 g/mol. The predicted octanol–water partition coefficient (Wildman–Crippen LogP) is -0.253. The molecule has 0 saturated carbocycles. The standard InChI is InChI=1S/C5H7N3O2S2/c9-12(10)1-4(2-12)8-5-6-3-7-11-5/h3-4H,1-2H2,(H,6,7,8). The van der Waals surface area contributed by atoms with Crippen LogP contribution in [0.4, 0.5) is 5.13 Å². The first-order valence-electron chi connectivity index (χ1n) is 3.39. The number of sulfone groups is 1. The van der Waals surface area contributed by atoms with Gasteiger partial charge in [-0.05, 0) is 0 Å². The van der Waals surface area contributed by atoms with Crippen LogP contribution in [0.1, 0.15) is 0 Å². The van der Waals surface area contributed by atoms with E-state index in [0.29, 0.717) is 5.13 Å². The molecule has 1 fully saturated rings. The summed E-state index contributed by atoms with van der Waals surface area (Å²) in [5, 5.41) is 3.67. The van der Waals surface area contributed by atoms with Gasteiger partial charge in [-0.2, -0.15) is 4.37 Å². The number of rotatable bonds is 2. The summed E-state index contributed by atoms with van der Waals surface area (Å²) >= 11 is 1.23. The Morgan fingerprint density at radius 1 is 1.58 bits per heavy atom. The number of anilines is 1. The molecule has 1 aromatic heterocycles. The summed E-state index contributed by atoms with van der Waals surface area (Å²) < 4.78 is 25.3. The molecule has 0 bridgehead atoms. The van der Waals surface area contributed by atoms with Gasteiger partial charge in [0.2, 0.25) is 5.13 Å². The fourth-order valence-electron chi connectivity index (χ4n) is 1.06. The van der Waals surface area contributed by atoms with Crippen LogP contribution in [-0.4, -0.2) is 35.3 Å². The van der Waals surface area contributed by atoms with Gasteiger partial charge in [-0.25, -0.2) is 13.4 Å². The van der Waals surface area contributed by atoms with Crippen molar-refractivity contribution in [3.63, 3.8) is 0 Å². The van der Waals surface area contributed by atoms with E-state index < -0.39 is 9.84 Å².